The molecule has 0 saturated heterocycles. The lowest BCUT2D eigenvalue weighted by Gasteiger charge is -2.16. The van der Waals surface area contributed by atoms with Gasteiger partial charge < -0.3 is 38.3 Å². The van der Waals surface area contributed by atoms with Crippen molar-refractivity contribution in [2.45, 2.75) is 49.0 Å². The fourth-order valence-corrected chi connectivity index (χ4v) is 10.8. The van der Waals surface area contributed by atoms with Crippen LogP contribution in [0.2, 0.25) is 0 Å². The minimum absolute atomic E-state index is 0.0917. The third-order valence-electron chi connectivity index (χ3n) is 11.3. The number of methoxy groups -OCH3 is 2. The topological polar surface area (TPSA) is 194 Å². The Morgan fingerprint density at radius 1 is 0.559 bits per heavy atom. The van der Waals surface area contributed by atoms with Gasteiger partial charge in [0.2, 0.25) is 0 Å². The lowest BCUT2D eigenvalue weighted by atomic mass is 9.99. The maximum absolute atomic E-state index is 13.4. The fourth-order valence-electron chi connectivity index (χ4n) is 7.66. The summed E-state index contributed by atoms with van der Waals surface area (Å²) in [7, 11) is -4.99. The van der Waals surface area contributed by atoms with E-state index in [-0.39, 0.29) is 43.5 Å². The number of furan rings is 2. The summed E-state index contributed by atoms with van der Waals surface area (Å²) in [4.78, 5) is 29.0. The first-order valence-corrected chi connectivity index (χ1v) is 25.3. The molecule has 0 saturated carbocycles. The Morgan fingerprint density at radius 3 is 1.24 bits per heavy atom. The molecule has 0 bridgehead atoms. The van der Waals surface area contributed by atoms with Crippen LogP contribution in [-0.4, -0.2) is 102 Å². The number of likely N-dealkylation sites (N-methyl/N-ethyl adjacent to an activating group) is 2. The second-order valence-electron chi connectivity index (χ2n) is 15.4. The average molecular weight is 967 g/mol. The number of carboxylic acid groups (broad SMARTS) is 2. The molecule has 0 aliphatic heterocycles. The number of ether oxygens (including phenoxy) is 2. The molecule has 2 heterocycles. The zero-order chi connectivity index (χ0) is 49.4. The predicted molar refractivity (Wildman–Crippen MR) is 264 cm³/mol. The van der Waals surface area contributed by atoms with Gasteiger partial charge in [0, 0.05) is 35.3 Å². The minimum atomic E-state index is -3.86. The highest BCUT2D eigenvalue weighted by molar-refractivity contribution is 7.91. The highest BCUT2D eigenvalue weighted by Gasteiger charge is 2.28. The molecule has 2 N–H and O–H groups in total. The Bertz CT molecular complexity index is 2720. The molecule has 0 fully saturated rings. The van der Waals surface area contributed by atoms with E-state index >= 15 is 0 Å². The summed E-state index contributed by atoms with van der Waals surface area (Å²) in [6.45, 7) is 13.3. The van der Waals surface area contributed by atoms with Crippen molar-refractivity contribution in [3.05, 3.63) is 156 Å². The van der Waals surface area contributed by atoms with Crippen molar-refractivity contribution in [1.29, 1.82) is 0 Å². The van der Waals surface area contributed by atoms with Crippen LogP contribution in [0, 0.1) is 0 Å². The standard InChI is InChI=1S/2C26H29NO6S/c2*1-4-27(5-2)15-8-10-19-9-6-7-11-23(19)34(30,31)18-21-12-13-22(20-14-16-33-17-20)25(32-3)24(21)26(28)29/h2*6-14,16-17H,4-5,15,18H2,1-3H3,(H,28,29)/b10-8+;10-8-. The molecule has 360 valence electrons. The number of benzene rings is 4. The van der Waals surface area contributed by atoms with Gasteiger partial charge in [-0.25, -0.2) is 26.4 Å². The van der Waals surface area contributed by atoms with Crippen LogP contribution in [0.25, 0.3) is 34.4 Å². The van der Waals surface area contributed by atoms with Crippen molar-refractivity contribution >= 4 is 43.8 Å². The number of aromatic carboxylic acids is 2. The molecular weight excluding hydrogens is 909 g/mol. The van der Waals surface area contributed by atoms with Gasteiger partial charge in [0.05, 0.1) is 60.6 Å². The van der Waals surface area contributed by atoms with Crippen molar-refractivity contribution in [1.82, 2.24) is 9.80 Å². The van der Waals surface area contributed by atoms with Gasteiger partial charge in [-0.15, -0.1) is 0 Å². The lowest BCUT2D eigenvalue weighted by molar-refractivity contribution is 0.0681. The van der Waals surface area contributed by atoms with Crippen LogP contribution in [0.3, 0.4) is 0 Å². The summed E-state index contributed by atoms with van der Waals surface area (Å²) in [6.07, 6.45) is 13.4. The number of hydrogen-bond acceptors (Lipinski definition) is 12. The van der Waals surface area contributed by atoms with Crippen LogP contribution in [0.1, 0.15) is 70.7 Å². The second-order valence-corrected chi connectivity index (χ2v) is 19.3. The Hall–Kier alpha value is -6.72. The molecule has 0 amide bonds. The van der Waals surface area contributed by atoms with Crippen molar-refractivity contribution in [3.8, 4) is 33.8 Å². The summed E-state index contributed by atoms with van der Waals surface area (Å²) < 4.78 is 74.7. The van der Waals surface area contributed by atoms with Crippen molar-refractivity contribution < 1.29 is 54.9 Å². The maximum atomic E-state index is 13.4. The molecule has 4 aromatic carbocycles. The van der Waals surface area contributed by atoms with Gasteiger partial charge >= 0.3 is 11.9 Å². The number of carbonyl (C=O) groups is 2. The number of sulfone groups is 2. The van der Waals surface area contributed by atoms with Crippen molar-refractivity contribution in [2.24, 2.45) is 0 Å². The first kappa shape index (κ1) is 52.3. The highest BCUT2D eigenvalue weighted by Crippen LogP contribution is 2.38. The Kier molecular flexibility index (Phi) is 18.7. The molecule has 6 aromatic rings. The lowest BCUT2D eigenvalue weighted by Crippen LogP contribution is -2.22. The smallest absolute Gasteiger partial charge is 0.339 e. The number of hydrogen-bond donors (Lipinski definition) is 2. The van der Waals surface area contributed by atoms with Gasteiger partial charge in [0.1, 0.15) is 22.6 Å². The van der Waals surface area contributed by atoms with E-state index in [4.69, 9.17) is 18.3 Å². The molecule has 2 aromatic heterocycles. The van der Waals surface area contributed by atoms with Gasteiger partial charge in [-0.3, -0.25) is 0 Å². The predicted octanol–water partition coefficient (Wildman–Crippen LogP) is 9.96. The van der Waals surface area contributed by atoms with E-state index in [0.717, 1.165) is 26.2 Å². The monoisotopic (exact) mass is 966 g/mol. The minimum Gasteiger partial charge on any atom is -0.495 e. The highest BCUT2D eigenvalue weighted by atomic mass is 32.2. The molecule has 0 aliphatic carbocycles. The SMILES string of the molecule is CCN(CC)C/C=C/c1ccccc1S(=O)(=O)Cc1ccc(-c2ccoc2)c(OC)c1C(=O)O.CCN(CC)C/C=C\c1ccccc1S(=O)(=O)Cc1ccc(-c2ccoc2)c(OC)c1C(=O)O. The summed E-state index contributed by atoms with van der Waals surface area (Å²) in [6, 6.07) is 23.2. The summed E-state index contributed by atoms with van der Waals surface area (Å²) >= 11 is 0. The zero-order valence-electron chi connectivity index (χ0n) is 39.0. The van der Waals surface area contributed by atoms with Crippen molar-refractivity contribution in [3.63, 3.8) is 0 Å². The Balaban J connectivity index is 0.000000254. The molecule has 0 unspecified atom stereocenters. The van der Waals surface area contributed by atoms with E-state index in [2.05, 4.69) is 37.5 Å². The normalized spacial score (nSPS) is 11.9. The first-order chi connectivity index (χ1) is 32.6. The number of carboxylic acids is 2. The fraction of sp³-hybridized carbons (Fsp3) is 0.269. The summed E-state index contributed by atoms with van der Waals surface area (Å²) in [5.41, 5.74) is 3.36. The van der Waals surface area contributed by atoms with Gasteiger partial charge in [-0.05, 0) is 72.7 Å². The maximum Gasteiger partial charge on any atom is 0.339 e. The molecule has 0 aliphatic rings. The van der Waals surface area contributed by atoms with E-state index in [1.807, 2.05) is 12.2 Å². The largest absolute Gasteiger partial charge is 0.495 e. The molecular formula is C52H58N2O12S2. The third-order valence-corrected chi connectivity index (χ3v) is 14.8. The van der Waals surface area contributed by atoms with E-state index in [0.29, 0.717) is 46.5 Å². The summed E-state index contributed by atoms with van der Waals surface area (Å²) in [5, 5.41) is 19.8. The van der Waals surface area contributed by atoms with Crippen LogP contribution >= 0.6 is 0 Å². The average Bonchev–Trinajstić information content (AvgIpc) is 4.08. The van der Waals surface area contributed by atoms with Crippen LogP contribution in [0.5, 0.6) is 11.5 Å². The van der Waals surface area contributed by atoms with Crippen LogP contribution in [-0.2, 0) is 31.2 Å². The molecule has 16 heteroatoms. The Labute approximate surface area is 398 Å². The van der Waals surface area contributed by atoms with Gasteiger partial charge in [0.15, 0.2) is 19.7 Å². The first-order valence-electron chi connectivity index (χ1n) is 22.0. The van der Waals surface area contributed by atoms with Crippen LogP contribution in [0.15, 0.2) is 141 Å². The summed E-state index contributed by atoms with van der Waals surface area (Å²) in [5.74, 6) is -3.29. The van der Waals surface area contributed by atoms with Crippen LogP contribution < -0.4 is 9.47 Å². The van der Waals surface area contributed by atoms with E-state index in [1.165, 1.54) is 51.4 Å². The number of nitrogens with zero attached hydrogens (tertiary/aromatic N) is 2. The molecule has 0 radical (unpaired) electrons. The molecule has 68 heavy (non-hydrogen) atoms. The second kappa shape index (κ2) is 24.3. The van der Waals surface area contributed by atoms with Crippen molar-refractivity contribution in [2.75, 3.05) is 53.5 Å². The van der Waals surface area contributed by atoms with Gasteiger partial charge in [-0.1, -0.05) is 113 Å². The molecule has 0 atom stereocenters. The molecule has 6 rings (SSSR count). The molecule has 0 spiro atoms. The Morgan fingerprint density at radius 2 is 0.926 bits per heavy atom. The quantitative estimate of drug-likeness (QED) is 0.0653. The van der Waals surface area contributed by atoms with Crippen LogP contribution in [0.4, 0.5) is 0 Å². The van der Waals surface area contributed by atoms with E-state index in [1.54, 1.807) is 84.9 Å². The third kappa shape index (κ3) is 12.8. The number of rotatable bonds is 22. The van der Waals surface area contributed by atoms with Gasteiger partial charge in [0.25, 0.3) is 0 Å². The zero-order valence-corrected chi connectivity index (χ0v) is 40.7. The van der Waals surface area contributed by atoms with E-state index < -0.39 is 43.1 Å². The molecule has 14 nitrogen and oxygen atoms in total. The van der Waals surface area contributed by atoms with E-state index in [9.17, 15) is 36.6 Å². The van der Waals surface area contributed by atoms with Gasteiger partial charge in [-0.2, -0.15) is 0 Å².